The van der Waals surface area contributed by atoms with Crippen molar-refractivity contribution in [3.63, 3.8) is 0 Å². The molecule has 0 radical (unpaired) electrons. The smallest absolute Gasteiger partial charge is 0.411 e. The molecule has 1 N–H and O–H groups in total. The molecule has 1 amide bonds. The van der Waals surface area contributed by atoms with Crippen LogP contribution in [-0.2, 0) is 9.53 Å². The minimum atomic E-state index is -1.01. The summed E-state index contributed by atoms with van der Waals surface area (Å²) in [6.45, 7) is 5.86. The quantitative estimate of drug-likeness (QED) is 0.821. The zero-order chi connectivity index (χ0) is 13.6. The number of carbonyl (C=O) groups is 2. The van der Waals surface area contributed by atoms with E-state index in [0.717, 1.165) is 19.3 Å². The number of amides is 1. The summed E-state index contributed by atoms with van der Waals surface area (Å²) in [5.41, 5.74) is -1.60. The Morgan fingerprint density at radius 2 is 1.94 bits per heavy atom. The van der Waals surface area contributed by atoms with E-state index in [2.05, 4.69) is 0 Å². The van der Waals surface area contributed by atoms with Gasteiger partial charge in [0, 0.05) is 6.54 Å². The van der Waals surface area contributed by atoms with Crippen LogP contribution in [0.4, 0.5) is 4.79 Å². The van der Waals surface area contributed by atoms with E-state index in [-0.39, 0.29) is 5.92 Å². The van der Waals surface area contributed by atoms with Crippen LogP contribution in [0.15, 0.2) is 0 Å². The number of carbonyl (C=O) groups excluding carboxylic acids is 1. The van der Waals surface area contributed by atoms with Crippen LogP contribution < -0.4 is 0 Å². The van der Waals surface area contributed by atoms with Crippen LogP contribution in [0.5, 0.6) is 0 Å². The van der Waals surface area contributed by atoms with E-state index in [0.29, 0.717) is 13.0 Å². The Kier molecular flexibility index (Phi) is 3.03. The number of rotatable bonds is 2. The molecule has 0 aromatic heterocycles. The van der Waals surface area contributed by atoms with E-state index in [9.17, 15) is 14.7 Å². The van der Waals surface area contributed by atoms with Gasteiger partial charge in [-0.3, -0.25) is 4.90 Å². The van der Waals surface area contributed by atoms with Crippen LogP contribution in [0.1, 0.15) is 46.5 Å². The van der Waals surface area contributed by atoms with Gasteiger partial charge in [0.15, 0.2) is 0 Å². The summed E-state index contributed by atoms with van der Waals surface area (Å²) in [4.78, 5) is 25.2. The summed E-state index contributed by atoms with van der Waals surface area (Å²) >= 11 is 0. The van der Waals surface area contributed by atoms with Crippen LogP contribution in [0, 0.1) is 5.92 Å². The fourth-order valence-electron chi connectivity index (χ4n) is 2.79. The number of hydrogen-bond acceptors (Lipinski definition) is 3. The average Bonchev–Trinajstić information content (AvgIpc) is 2.94. The van der Waals surface area contributed by atoms with Gasteiger partial charge < -0.3 is 9.84 Å². The molecule has 102 valence electrons. The van der Waals surface area contributed by atoms with Crippen LogP contribution in [-0.4, -0.2) is 39.8 Å². The normalized spacial score (nSPS) is 28.3. The molecule has 2 rings (SSSR count). The third kappa shape index (κ3) is 2.18. The lowest BCUT2D eigenvalue weighted by atomic mass is 9.90. The first-order valence-corrected chi connectivity index (χ1v) is 6.51. The van der Waals surface area contributed by atoms with Gasteiger partial charge in [-0.1, -0.05) is 0 Å². The second-order valence-electron chi connectivity index (χ2n) is 6.24. The lowest BCUT2D eigenvalue weighted by Gasteiger charge is -2.36. The molecule has 1 aliphatic heterocycles. The summed E-state index contributed by atoms with van der Waals surface area (Å²) in [5, 5.41) is 9.54. The second-order valence-corrected chi connectivity index (χ2v) is 6.24. The molecule has 1 aliphatic carbocycles. The molecule has 2 aliphatic rings. The highest BCUT2D eigenvalue weighted by Crippen LogP contribution is 2.49. The minimum absolute atomic E-state index is 0.102. The molecule has 1 saturated heterocycles. The van der Waals surface area contributed by atoms with Crippen LogP contribution >= 0.6 is 0 Å². The standard InChI is InChI=1S/C13H21NO4/c1-12(2,3)18-11(17)14-8-4-7-13(14,10(15)16)9-5-6-9/h9H,4-8H2,1-3H3,(H,15,16)/t13-/m1/s1. The van der Waals surface area contributed by atoms with Gasteiger partial charge in [-0.2, -0.15) is 0 Å². The summed E-state index contributed by atoms with van der Waals surface area (Å²) in [6.07, 6.45) is 2.58. The van der Waals surface area contributed by atoms with Gasteiger partial charge in [0.25, 0.3) is 0 Å². The number of likely N-dealkylation sites (tertiary alicyclic amines) is 1. The molecule has 1 heterocycles. The molecule has 1 saturated carbocycles. The maximum atomic E-state index is 12.2. The van der Waals surface area contributed by atoms with Gasteiger partial charge in [-0.05, 0) is 52.4 Å². The molecule has 0 bridgehead atoms. The number of carboxylic acid groups (broad SMARTS) is 1. The maximum absolute atomic E-state index is 12.2. The second kappa shape index (κ2) is 4.14. The molecule has 1 atom stereocenters. The molecule has 5 nitrogen and oxygen atoms in total. The first-order valence-electron chi connectivity index (χ1n) is 6.51. The predicted molar refractivity (Wildman–Crippen MR) is 65.3 cm³/mol. The van der Waals surface area contributed by atoms with Crippen molar-refractivity contribution in [3.05, 3.63) is 0 Å². The summed E-state index contributed by atoms with van der Waals surface area (Å²) in [7, 11) is 0. The fourth-order valence-corrected chi connectivity index (χ4v) is 2.79. The molecule has 0 aromatic carbocycles. The van der Waals surface area contributed by atoms with Crippen molar-refractivity contribution in [2.45, 2.75) is 57.6 Å². The van der Waals surface area contributed by atoms with Crippen molar-refractivity contribution in [1.82, 2.24) is 4.90 Å². The SMILES string of the molecule is CC(C)(C)OC(=O)N1CCC[C@]1(C(=O)O)C1CC1. The summed E-state index contributed by atoms with van der Waals surface area (Å²) < 4.78 is 5.33. The number of ether oxygens (including phenoxy) is 1. The number of carboxylic acids is 1. The van der Waals surface area contributed by atoms with E-state index in [1.165, 1.54) is 4.90 Å². The molecule has 5 heteroatoms. The molecule has 0 unspecified atom stereocenters. The van der Waals surface area contributed by atoms with E-state index in [1.807, 2.05) is 0 Å². The Hall–Kier alpha value is -1.26. The lowest BCUT2D eigenvalue weighted by molar-refractivity contribution is -0.150. The van der Waals surface area contributed by atoms with Gasteiger partial charge in [0.2, 0.25) is 0 Å². The Balaban J connectivity index is 2.20. The Bertz CT molecular complexity index is 370. The monoisotopic (exact) mass is 255 g/mol. The van der Waals surface area contributed by atoms with E-state index >= 15 is 0 Å². The molecular weight excluding hydrogens is 234 g/mol. The highest BCUT2D eigenvalue weighted by Gasteiger charge is 2.59. The predicted octanol–water partition coefficient (Wildman–Crippen LogP) is 2.25. The molecular formula is C13H21NO4. The van der Waals surface area contributed by atoms with Gasteiger partial charge >= 0.3 is 12.1 Å². The van der Waals surface area contributed by atoms with Crippen molar-refractivity contribution in [3.8, 4) is 0 Å². The van der Waals surface area contributed by atoms with Gasteiger partial charge in [0.05, 0.1) is 0 Å². The van der Waals surface area contributed by atoms with E-state index in [1.54, 1.807) is 20.8 Å². The van der Waals surface area contributed by atoms with Gasteiger partial charge in [-0.25, -0.2) is 9.59 Å². The average molecular weight is 255 g/mol. The van der Waals surface area contributed by atoms with Crippen LogP contribution in [0.2, 0.25) is 0 Å². The topological polar surface area (TPSA) is 66.8 Å². The van der Waals surface area contributed by atoms with Gasteiger partial charge in [-0.15, -0.1) is 0 Å². The minimum Gasteiger partial charge on any atom is -0.479 e. The lowest BCUT2D eigenvalue weighted by Crippen LogP contribution is -2.55. The largest absolute Gasteiger partial charge is 0.479 e. The number of hydrogen-bond donors (Lipinski definition) is 1. The third-order valence-corrected chi connectivity index (χ3v) is 3.66. The highest BCUT2D eigenvalue weighted by molar-refractivity contribution is 5.86. The number of nitrogens with zero attached hydrogens (tertiary/aromatic N) is 1. The Morgan fingerprint density at radius 1 is 1.33 bits per heavy atom. The van der Waals surface area contributed by atoms with E-state index in [4.69, 9.17) is 4.74 Å². The van der Waals surface area contributed by atoms with Crippen molar-refractivity contribution < 1.29 is 19.4 Å². The highest BCUT2D eigenvalue weighted by atomic mass is 16.6. The summed E-state index contributed by atoms with van der Waals surface area (Å²) in [5.74, 6) is -0.779. The first-order chi connectivity index (χ1) is 8.27. The molecule has 18 heavy (non-hydrogen) atoms. The van der Waals surface area contributed by atoms with Crippen molar-refractivity contribution in [1.29, 1.82) is 0 Å². The summed E-state index contributed by atoms with van der Waals surface area (Å²) in [6, 6.07) is 0. The zero-order valence-electron chi connectivity index (χ0n) is 11.2. The van der Waals surface area contributed by atoms with Crippen LogP contribution in [0.25, 0.3) is 0 Å². The van der Waals surface area contributed by atoms with Crippen LogP contribution in [0.3, 0.4) is 0 Å². The molecule has 2 fully saturated rings. The molecule has 0 spiro atoms. The van der Waals surface area contributed by atoms with E-state index < -0.39 is 23.2 Å². The van der Waals surface area contributed by atoms with Crippen molar-refractivity contribution in [2.75, 3.05) is 6.54 Å². The Morgan fingerprint density at radius 3 is 2.39 bits per heavy atom. The van der Waals surface area contributed by atoms with Gasteiger partial charge in [0.1, 0.15) is 11.1 Å². The first kappa shape index (κ1) is 13.2. The van der Waals surface area contributed by atoms with Crippen molar-refractivity contribution >= 4 is 12.1 Å². The van der Waals surface area contributed by atoms with Crippen molar-refractivity contribution in [2.24, 2.45) is 5.92 Å². The number of aliphatic carboxylic acids is 1. The third-order valence-electron chi connectivity index (χ3n) is 3.66. The fraction of sp³-hybridized carbons (Fsp3) is 0.846. The Labute approximate surface area is 107 Å². The maximum Gasteiger partial charge on any atom is 0.411 e. The molecule has 0 aromatic rings. The zero-order valence-corrected chi connectivity index (χ0v) is 11.2.